The first kappa shape index (κ1) is 20.3. The second kappa shape index (κ2) is 8.58. The molecule has 0 radical (unpaired) electrons. The highest BCUT2D eigenvalue weighted by molar-refractivity contribution is 6.30. The fourth-order valence-corrected chi connectivity index (χ4v) is 4.22. The molecule has 0 bridgehead atoms. The first-order valence-electron chi connectivity index (χ1n) is 10.9. The average molecular weight is 460 g/mol. The van der Waals surface area contributed by atoms with Gasteiger partial charge in [-0.3, -0.25) is 0 Å². The molecule has 0 fully saturated rings. The zero-order valence-corrected chi connectivity index (χ0v) is 18.8. The third kappa shape index (κ3) is 3.74. The highest BCUT2D eigenvalue weighted by Gasteiger charge is 2.16. The second-order valence-electron chi connectivity index (χ2n) is 7.97. The normalized spacial score (nSPS) is 11.1. The quantitative estimate of drug-likeness (QED) is 0.268. The van der Waals surface area contributed by atoms with Crippen LogP contribution >= 0.6 is 11.6 Å². The Labute approximate surface area is 201 Å². The molecule has 34 heavy (non-hydrogen) atoms. The van der Waals surface area contributed by atoms with Gasteiger partial charge in [0.15, 0.2) is 5.76 Å². The molecule has 0 saturated carbocycles. The summed E-state index contributed by atoms with van der Waals surface area (Å²) in [5.41, 5.74) is 7.38. The SMILES string of the molecule is Clc1ccc(-c2onc3ccc(-c4cc(-c5ccccc5)nnc4-c4ccccc4)cc23)cc1. The largest absolute Gasteiger partial charge is 0.355 e. The van der Waals surface area contributed by atoms with Crippen molar-refractivity contribution in [3.05, 3.63) is 114 Å². The number of hydrogen-bond acceptors (Lipinski definition) is 4. The number of halogens is 1. The standard InChI is InChI=1S/C29H18ClN3O/c30-23-14-11-21(12-15-23)29-25-17-22(13-16-26(25)33-34-29)24-18-27(19-7-3-1-4-8-19)31-32-28(24)20-9-5-2-6-10-20/h1-18H. The highest BCUT2D eigenvalue weighted by atomic mass is 35.5. The van der Waals surface area contributed by atoms with Crippen molar-refractivity contribution in [3.63, 3.8) is 0 Å². The van der Waals surface area contributed by atoms with E-state index in [0.29, 0.717) is 10.8 Å². The van der Waals surface area contributed by atoms with E-state index in [4.69, 9.17) is 16.1 Å². The van der Waals surface area contributed by atoms with Gasteiger partial charge in [-0.1, -0.05) is 83.5 Å². The molecule has 5 heteroatoms. The molecule has 0 aliphatic rings. The fraction of sp³-hybridized carbons (Fsp3) is 0. The van der Waals surface area contributed by atoms with Crippen molar-refractivity contribution in [2.45, 2.75) is 0 Å². The molecule has 0 saturated heterocycles. The van der Waals surface area contributed by atoms with E-state index in [2.05, 4.69) is 33.6 Å². The van der Waals surface area contributed by atoms with E-state index in [1.807, 2.05) is 91.0 Å². The van der Waals surface area contributed by atoms with Crippen LogP contribution < -0.4 is 0 Å². The predicted octanol–water partition coefficient (Wildman–Crippen LogP) is 7.94. The molecule has 162 valence electrons. The Morgan fingerprint density at radius 1 is 0.588 bits per heavy atom. The Kier molecular flexibility index (Phi) is 5.13. The van der Waals surface area contributed by atoms with Crippen molar-refractivity contribution in [3.8, 4) is 45.0 Å². The molecule has 0 atom stereocenters. The Bertz CT molecular complexity index is 1590. The van der Waals surface area contributed by atoms with Gasteiger partial charge in [0.05, 0.1) is 11.1 Å². The lowest BCUT2D eigenvalue weighted by Gasteiger charge is -2.11. The first-order chi connectivity index (χ1) is 16.8. The minimum Gasteiger partial charge on any atom is -0.355 e. The van der Waals surface area contributed by atoms with Crippen LogP contribution in [0.25, 0.3) is 55.9 Å². The molecule has 0 amide bonds. The molecule has 0 aliphatic heterocycles. The zero-order chi connectivity index (χ0) is 22.9. The third-order valence-corrected chi connectivity index (χ3v) is 6.06. The Morgan fingerprint density at radius 3 is 2.00 bits per heavy atom. The van der Waals surface area contributed by atoms with Gasteiger partial charge < -0.3 is 4.52 Å². The molecule has 0 unspecified atom stereocenters. The van der Waals surface area contributed by atoms with Crippen molar-refractivity contribution < 1.29 is 4.52 Å². The topological polar surface area (TPSA) is 51.8 Å². The second-order valence-corrected chi connectivity index (χ2v) is 8.41. The summed E-state index contributed by atoms with van der Waals surface area (Å²) in [6, 6.07) is 36.0. The summed E-state index contributed by atoms with van der Waals surface area (Å²) in [5.74, 6) is 0.708. The zero-order valence-electron chi connectivity index (χ0n) is 18.0. The Hall–Kier alpha value is -4.28. The van der Waals surface area contributed by atoms with Crippen LogP contribution in [0.5, 0.6) is 0 Å². The van der Waals surface area contributed by atoms with Crippen LogP contribution in [-0.4, -0.2) is 15.4 Å². The number of nitrogens with zero attached hydrogens (tertiary/aromatic N) is 3. The van der Waals surface area contributed by atoms with Crippen molar-refractivity contribution in [1.29, 1.82) is 0 Å². The van der Waals surface area contributed by atoms with Gasteiger partial charge in [-0.2, -0.15) is 0 Å². The van der Waals surface area contributed by atoms with Crippen LogP contribution in [0.15, 0.2) is 114 Å². The van der Waals surface area contributed by atoms with Crippen LogP contribution in [0.1, 0.15) is 0 Å². The number of rotatable bonds is 4. The van der Waals surface area contributed by atoms with E-state index in [-0.39, 0.29) is 0 Å². The van der Waals surface area contributed by atoms with Crippen LogP contribution in [-0.2, 0) is 0 Å². The van der Waals surface area contributed by atoms with Gasteiger partial charge in [0.1, 0.15) is 11.2 Å². The van der Waals surface area contributed by atoms with Gasteiger partial charge in [-0.15, -0.1) is 10.2 Å². The molecular formula is C29H18ClN3O. The summed E-state index contributed by atoms with van der Waals surface area (Å²) in [4.78, 5) is 0. The number of aromatic nitrogens is 3. The maximum atomic E-state index is 6.08. The molecular weight excluding hydrogens is 442 g/mol. The summed E-state index contributed by atoms with van der Waals surface area (Å²) in [6.45, 7) is 0. The van der Waals surface area contributed by atoms with Crippen molar-refractivity contribution in [2.75, 3.05) is 0 Å². The average Bonchev–Trinajstić information content (AvgIpc) is 3.33. The molecule has 2 heterocycles. The molecule has 0 spiro atoms. The van der Waals surface area contributed by atoms with E-state index in [9.17, 15) is 0 Å². The van der Waals surface area contributed by atoms with Gasteiger partial charge in [0, 0.05) is 27.3 Å². The van der Waals surface area contributed by atoms with Gasteiger partial charge >= 0.3 is 0 Å². The van der Waals surface area contributed by atoms with Crippen LogP contribution in [0.3, 0.4) is 0 Å². The lowest BCUT2D eigenvalue weighted by atomic mass is 9.96. The van der Waals surface area contributed by atoms with E-state index in [1.54, 1.807) is 0 Å². The van der Waals surface area contributed by atoms with Crippen molar-refractivity contribution in [1.82, 2.24) is 15.4 Å². The minimum absolute atomic E-state index is 0.678. The predicted molar refractivity (Wildman–Crippen MR) is 136 cm³/mol. The first-order valence-corrected chi connectivity index (χ1v) is 11.3. The molecule has 0 N–H and O–H groups in total. The maximum Gasteiger partial charge on any atom is 0.174 e. The summed E-state index contributed by atoms with van der Waals surface area (Å²) in [7, 11) is 0. The van der Waals surface area contributed by atoms with Gasteiger partial charge in [-0.05, 0) is 48.0 Å². The summed E-state index contributed by atoms with van der Waals surface area (Å²) < 4.78 is 5.72. The molecule has 2 aromatic heterocycles. The molecule has 6 rings (SSSR count). The summed E-state index contributed by atoms with van der Waals surface area (Å²) >= 11 is 6.08. The molecule has 0 aliphatic carbocycles. The summed E-state index contributed by atoms with van der Waals surface area (Å²) in [6.07, 6.45) is 0. The Morgan fingerprint density at radius 2 is 1.26 bits per heavy atom. The van der Waals surface area contributed by atoms with Gasteiger partial charge in [0.25, 0.3) is 0 Å². The smallest absolute Gasteiger partial charge is 0.174 e. The summed E-state index contributed by atoms with van der Waals surface area (Å²) in [5, 5.41) is 15.1. The lowest BCUT2D eigenvalue weighted by molar-refractivity contribution is 0.441. The maximum absolute atomic E-state index is 6.08. The van der Waals surface area contributed by atoms with E-state index >= 15 is 0 Å². The van der Waals surface area contributed by atoms with Crippen LogP contribution in [0.4, 0.5) is 0 Å². The molecule has 4 aromatic carbocycles. The molecule has 4 nitrogen and oxygen atoms in total. The number of benzene rings is 4. The monoisotopic (exact) mass is 459 g/mol. The number of fused-ring (bicyclic) bond motifs is 1. The fourth-order valence-electron chi connectivity index (χ4n) is 4.09. The van der Waals surface area contributed by atoms with Crippen molar-refractivity contribution in [2.24, 2.45) is 0 Å². The lowest BCUT2D eigenvalue weighted by Crippen LogP contribution is -1.95. The highest BCUT2D eigenvalue weighted by Crippen LogP contribution is 2.37. The van der Waals surface area contributed by atoms with Crippen LogP contribution in [0, 0.1) is 0 Å². The Balaban J connectivity index is 1.55. The van der Waals surface area contributed by atoms with Crippen molar-refractivity contribution >= 4 is 22.5 Å². The van der Waals surface area contributed by atoms with Gasteiger partial charge in [0.2, 0.25) is 0 Å². The number of hydrogen-bond donors (Lipinski definition) is 0. The minimum atomic E-state index is 0.678. The van der Waals surface area contributed by atoms with E-state index in [0.717, 1.165) is 50.1 Å². The van der Waals surface area contributed by atoms with E-state index in [1.165, 1.54) is 0 Å². The van der Waals surface area contributed by atoms with Crippen LogP contribution in [0.2, 0.25) is 5.02 Å². The molecule has 6 aromatic rings. The van der Waals surface area contributed by atoms with Gasteiger partial charge in [-0.25, -0.2) is 0 Å². The third-order valence-electron chi connectivity index (χ3n) is 5.80. The van der Waals surface area contributed by atoms with E-state index < -0.39 is 0 Å².